The maximum absolute atomic E-state index is 11.5. The van der Waals surface area contributed by atoms with E-state index in [2.05, 4.69) is 12.2 Å². The molecular weight excluding hydrogens is 290 g/mol. The highest BCUT2D eigenvalue weighted by molar-refractivity contribution is 5.76. The number of allylic oxidation sites excluding steroid dienone is 1. The minimum absolute atomic E-state index is 0.123. The van der Waals surface area contributed by atoms with Gasteiger partial charge in [-0.25, -0.2) is 0 Å². The van der Waals surface area contributed by atoms with Crippen LogP contribution in [0.5, 0.6) is 0 Å². The Balaban J connectivity index is 3.72. The number of hydrogen-bond donors (Lipinski definition) is 3. The fourth-order valence-corrected chi connectivity index (χ4v) is 2.51. The van der Waals surface area contributed by atoms with E-state index < -0.39 is 12.1 Å². The summed E-state index contributed by atoms with van der Waals surface area (Å²) in [6.45, 7) is 3.91. The lowest BCUT2D eigenvalue weighted by atomic mass is 10.1. The maximum Gasteiger partial charge on any atom is 0.220 e. The first-order valence-corrected chi connectivity index (χ1v) is 9.40. The van der Waals surface area contributed by atoms with E-state index in [4.69, 9.17) is 0 Å². The number of aliphatic hydroxyl groups is 2. The second-order valence-electron chi connectivity index (χ2n) is 6.29. The van der Waals surface area contributed by atoms with Crippen LogP contribution in [0.3, 0.4) is 0 Å². The lowest BCUT2D eigenvalue weighted by Crippen LogP contribution is -2.45. The zero-order valence-corrected chi connectivity index (χ0v) is 15.1. The van der Waals surface area contributed by atoms with E-state index in [1.807, 2.05) is 13.0 Å². The molecule has 0 spiro atoms. The van der Waals surface area contributed by atoms with Crippen molar-refractivity contribution in [3.05, 3.63) is 12.2 Å². The third kappa shape index (κ3) is 13.3. The largest absolute Gasteiger partial charge is 0.394 e. The molecule has 0 heterocycles. The highest BCUT2D eigenvalue weighted by Crippen LogP contribution is 2.10. The number of rotatable bonds is 15. The van der Waals surface area contributed by atoms with Gasteiger partial charge >= 0.3 is 0 Å². The molecule has 0 aromatic carbocycles. The van der Waals surface area contributed by atoms with Gasteiger partial charge in [0.1, 0.15) is 0 Å². The molecule has 0 saturated carbocycles. The predicted molar refractivity (Wildman–Crippen MR) is 96.3 cm³/mol. The number of aliphatic hydroxyl groups excluding tert-OH is 2. The summed E-state index contributed by atoms with van der Waals surface area (Å²) in [4.78, 5) is 11.5. The summed E-state index contributed by atoms with van der Waals surface area (Å²) in [5.41, 5.74) is 0. The molecular formula is C19H37NO3. The van der Waals surface area contributed by atoms with Gasteiger partial charge in [0.05, 0.1) is 18.8 Å². The molecule has 136 valence electrons. The van der Waals surface area contributed by atoms with E-state index in [1.54, 1.807) is 6.08 Å². The van der Waals surface area contributed by atoms with Crippen molar-refractivity contribution >= 4 is 5.91 Å². The summed E-state index contributed by atoms with van der Waals surface area (Å²) >= 11 is 0. The molecule has 0 aliphatic carbocycles. The second kappa shape index (κ2) is 16.0. The Labute approximate surface area is 142 Å². The number of carbonyl (C=O) groups excluding carboxylic acids is 1. The van der Waals surface area contributed by atoms with Crippen LogP contribution in [0.15, 0.2) is 12.2 Å². The predicted octanol–water partition coefficient (Wildman–Crippen LogP) is 3.71. The van der Waals surface area contributed by atoms with E-state index in [1.165, 1.54) is 44.9 Å². The molecule has 0 saturated heterocycles. The molecule has 0 radical (unpaired) electrons. The Morgan fingerprint density at radius 3 is 2.17 bits per heavy atom. The first kappa shape index (κ1) is 22.1. The lowest BCUT2D eigenvalue weighted by molar-refractivity contribution is -0.122. The average Bonchev–Trinajstić information content (AvgIpc) is 2.54. The molecule has 0 fully saturated rings. The Morgan fingerprint density at radius 2 is 1.61 bits per heavy atom. The second-order valence-corrected chi connectivity index (χ2v) is 6.29. The topological polar surface area (TPSA) is 69.6 Å². The molecule has 2 unspecified atom stereocenters. The van der Waals surface area contributed by atoms with Gasteiger partial charge in [-0.15, -0.1) is 0 Å². The van der Waals surface area contributed by atoms with Crippen LogP contribution in [-0.4, -0.2) is 34.9 Å². The van der Waals surface area contributed by atoms with Crippen molar-refractivity contribution < 1.29 is 15.0 Å². The number of amides is 1. The van der Waals surface area contributed by atoms with Crippen molar-refractivity contribution in [3.8, 4) is 0 Å². The highest BCUT2D eigenvalue weighted by Gasteiger charge is 2.17. The van der Waals surface area contributed by atoms with Crippen molar-refractivity contribution in [2.75, 3.05) is 6.61 Å². The van der Waals surface area contributed by atoms with Crippen molar-refractivity contribution in [2.24, 2.45) is 0 Å². The highest BCUT2D eigenvalue weighted by atomic mass is 16.3. The number of carbonyl (C=O) groups is 1. The fourth-order valence-electron chi connectivity index (χ4n) is 2.51. The molecule has 0 aromatic heterocycles. The van der Waals surface area contributed by atoms with Crippen molar-refractivity contribution in [1.29, 1.82) is 0 Å². The third-order valence-electron chi connectivity index (χ3n) is 3.99. The summed E-state index contributed by atoms with van der Waals surface area (Å²) in [5.74, 6) is -0.123. The summed E-state index contributed by atoms with van der Waals surface area (Å²) in [6.07, 6.45) is 15.2. The van der Waals surface area contributed by atoms with Crippen molar-refractivity contribution in [2.45, 2.75) is 96.6 Å². The standard InChI is InChI=1S/C19H37NO3/c1-3-5-6-7-8-9-10-11-12-13-15-18(22)17(16-21)20-19(23)14-4-2/h13,15,17-18,21-22H,3-12,14,16H2,1-2H3,(H,20,23)/b15-13+. The van der Waals surface area contributed by atoms with E-state index in [0.29, 0.717) is 6.42 Å². The Bertz CT molecular complexity index is 305. The fraction of sp³-hybridized carbons (Fsp3) is 0.842. The van der Waals surface area contributed by atoms with E-state index >= 15 is 0 Å². The van der Waals surface area contributed by atoms with Crippen molar-refractivity contribution in [3.63, 3.8) is 0 Å². The molecule has 0 aromatic rings. The van der Waals surface area contributed by atoms with Crippen LogP contribution >= 0.6 is 0 Å². The van der Waals surface area contributed by atoms with Crippen molar-refractivity contribution in [1.82, 2.24) is 5.32 Å². The summed E-state index contributed by atoms with van der Waals surface area (Å²) < 4.78 is 0. The van der Waals surface area contributed by atoms with Crippen LogP contribution in [0.1, 0.15) is 84.5 Å². The molecule has 0 aliphatic rings. The van der Waals surface area contributed by atoms with Crippen LogP contribution in [0.2, 0.25) is 0 Å². The van der Waals surface area contributed by atoms with E-state index in [-0.39, 0.29) is 12.5 Å². The van der Waals surface area contributed by atoms with Gasteiger partial charge in [0.2, 0.25) is 5.91 Å². The zero-order chi connectivity index (χ0) is 17.3. The molecule has 0 rings (SSSR count). The van der Waals surface area contributed by atoms with Crippen LogP contribution in [0, 0.1) is 0 Å². The molecule has 2 atom stereocenters. The normalized spacial score (nSPS) is 14.1. The maximum atomic E-state index is 11.5. The lowest BCUT2D eigenvalue weighted by Gasteiger charge is -2.19. The van der Waals surface area contributed by atoms with Gasteiger partial charge in [0.25, 0.3) is 0 Å². The van der Waals surface area contributed by atoms with Crippen LogP contribution in [0.25, 0.3) is 0 Å². The minimum atomic E-state index is -0.824. The molecule has 23 heavy (non-hydrogen) atoms. The zero-order valence-electron chi connectivity index (χ0n) is 15.1. The molecule has 1 amide bonds. The van der Waals surface area contributed by atoms with E-state index in [0.717, 1.165) is 19.3 Å². The quantitative estimate of drug-likeness (QED) is 0.317. The monoisotopic (exact) mass is 327 g/mol. The van der Waals surface area contributed by atoms with Gasteiger partial charge in [0, 0.05) is 6.42 Å². The summed E-state index contributed by atoms with van der Waals surface area (Å²) in [6, 6.07) is -0.608. The number of unbranched alkanes of at least 4 members (excludes halogenated alkanes) is 8. The van der Waals surface area contributed by atoms with Gasteiger partial charge in [-0.2, -0.15) is 0 Å². The molecule has 0 bridgehead atoms. The SMILES string of the molecule is CCCCCCCCCC/C=C/C(O)C(CO)NC(=O)CCC. The third-order valence-corrected chi connectivity index (χ3v) is 3.99. The smallest absolute Gasteiger partial charge is 0.220 e. The number of nitrogens with one attached hydrogen (secondary N) is 1. The van der Waals surface area contributed by atoms with Gasteiger partial charge in [-0.05, 0) is 19.3 Å². The first-order valence-electron chi connectivity index (χ1n) is 9.40. The summed E-state index contributed by atoms with van der Waals surface area (Å²) in [5, 5.41) is 21.9. The molecule has 3 N–H and O–H groups in total. The Hall–Kier alpha value is -0.870. The molecule has 0 aliphatic heterocycles. The van der Waals surface area contributed by atoms with Gasteiger partial charge in [-0.1, -0.05) is 70.9 Å². The Morgan fingerprint density at radius 1 is 1.00 bits per heavy atom. The Kier molecular flexibility index (Phi) is 15.4. The minimum Gasteiger partial charge on any atom is -0.394 e. The summed E-state index contributed by atoms with van der Waals surface area (Å²) in [7, 11) is 0. The molecule has 4 nitrogen and oxygen atoms in total. The number of hydrogen-bond acceptors (Lipinski definition) is 3. The molecule has 4 heteroatoms. The van der Waals surface area contributed by atoms with Crippen LogP contribution in [0.4, 0.5) is 0 Å². The van der Waals surface area contributed by atoms with E-state index in [9.17, 15) is 15.0 Å². The first-order chi connectivity index (χ1) is 11.2. The van der Waals surface area contributed by atoms with Gasteiger partial charge in [-0.3, -0.25) is 4.79 Å². The van der Waals surface area contributed by atoms with Crippen LogP contribution in [-0.2, 0) is 4.79 Å². The van der Waals surface area contributed by atoms with Gasteiger partial charge < -0.3 is 15.5 Å². The van der Waals surface area contributed by atoms with Gasteiger partial charge in [0.15, 0.2) is 0 Å². The van der Waals surface area contributed by atoms with Crippen LogP contribution < -0.4 is 5.32 Å². The average molecular weight is 328 g/mol.